The van der Waals surface area contributed by atoms with Crippen molar-refractivity contribution in [2.24, 2.45) is 21.1 Å². The molecule has 0 fully saturated rings. The van der Waals surface area contributed by atoms with Crippen molar-refractivity contribution in [3.8, 4) is 28.6 Å². The van der Waals surface area contributed by atoms with E-state index in [9.17, 15) is 0 Å². The fourth-order valence-corrected chi connectivity index (χ4v) is 4.29. The number of benzene rings is 2. The van der Waals surface area contributed by atoms with Crippen LogP contribution < -0.4 is 13.7 Å². The first-order chi connectivity index (χ1) is 14.7. The number of rotatable bonds is 3. The predicted molar refractivity (Wildman–Crippen MR) is 118 cm³/mol. The number of para-hydroxylation sites is 3. The molecule has 0 atom stereocenters. The van der Waals surface area contributed by atoms with Crippen LogP contribution in [0.2, 0.25) is 0 Å². The third kappa shape index (κ3) is 2.80. The summed E-state index contributed by atoms with van der Waals surface area (Å²) < 4.78 is 9.07. The van der Waals surface area contributed by atoms with E-state index in [1.54, 1.807) is 0 Å². The Hall–Kier alpha value is -3.79. The average Bonchev–Trinajstić information content (AvgIpc) is 3.08. The largest absolute Gasteiger partial charge is 0.360 e. The van der Waals surface area contributed by atoms with E-state index in [4.69, 9.17) is 0 Å². The molecule has 0 spiro atoms. The smallest absolute Gasteiger partial charge is 0.220 e. The number of imidazole rings is 1. The van der Waals surface area contributed by atoms with Gasteiger partial charge in [0.05, 0.1) is 7.05 Å². The number of aryl methyl sites for hydroxylation is 2. The van der Waals surface area contributed by atoms with Gasteiger partial charge in [0.25, 0.3) is 17.1 Å². The highest BCUT2D eigenvalue weighted by molar-refractivity contribution is 5.78. The number of fused-ring (bicyclic) bond motifs is 1. The Morgan fingerprint density at radius 3 is 2.03 bits per heavy atom. The summed E-state index contributed by atoms with van der Waals surface area (Å²) in [6.07, 6.45) is 2.09. The molecule has 30 heavy (non-hydrogen) atoms. The minimum atomic E-state index is 1.14. The summed E-state index contributed by atoms with van der Waals surface area (Å²) in [5.41, 5.74) is 7.04. The zero-order valence-electron chi connectivity index (χ0n) is 17.5. The molecule has 0 radical (unpaired) electrons. The number of pyridine rings is 2. The predicted octanol–water partition coefficient (Wildman–Crippen LogP) is 3.44. The number of nitrogens with zero attached hydrogens (tertiary/aromatic N) is 4. The molecule has 0 unspecified atom stereocenters. The van der Waals surface area contributed by atoms with Crippen LogP contribution in [0.5, 0.6) is 0 Å². The summed E-state index contributed by atoms with van der Waals surface area (Å²) in [4.78, 5) is 0. The molecule has 4 nitrogen and oxygen atoms in total. The molecule has 5 rings (SSSR count). The van der Waals surface area contributed by atoms with Gasteiger partial charge < -0.3 is 0 Å². The van der Waals surface area contributed by atoms with Crippen LogP contribution in [0.15, 0.2) is 97.2 Å². The highest BCUT2D eigenvalue weighted by atomic mass is 15.2. The van der Waals surface area contributed by atoms with E-state index < -0.39 is 0 Å². The van der Waals surface area contributed by atoms with Crippen molar-refractivity contribution >= 4 is 11.0 Å². The molecule has 4 heteroatoms. The summed E-state index contributed by atoms with van der Waals surface area (Å²) in [6.45, 7) is 0. The molecule has 0 amide bonds. The van der Waals surface area contributed by atoms with Crippen molar-refractivity contribution in [2.75, 3.05) is 0 Å². The Labute approximate surface area is 176 Å². The minimum Gasteiger partial charge on any atom is -0.220 e. The van der Waals surface area contributed by atoms with Crippen LogP contribution in [-0.2, 0) is 21.1 Å². The van der Waals surface area contributed by atoms with Gasteiger partial charge in [-0.25, -0.2) is 4.57 Å². The molecule has 3 aromatic heterocycles. The first-order valence-electron chi connectivity index (χ1n) is 10.2. The van der Waals surface area contributed by atoms with Crippen LogP contribution in [0.3, 0.4) is 0 Å². The summed E-state index contributed by atoms with van der Waals surface area (Å²) in [5.74, 6) is 1.14. The van der Waals surface area contributed by atoms with Gasteiger partial charge in [-0.05, 0) is 36.4 Å². The van der Waals surface area contributed by atoms with Crippen LogP contribution in [0.1, 0.15) is 0 Å². The Bertz CT molecular complexity index is 1370. The molecule has 0 aliphatic carbocycles. The van der Waals surface area contributed by atoms with Gasteiger partial charge in [-0.15, -0.1) is 0 Å². The quantitative estimate of drug-likeness (QED) is 0.418. The summed E-state index contributed by atoms with van der Waals surface area (Å²) in [6, 6.07) is 32.0. The lowest BCUT2D eigenvalue weighted by atomic mass is 10.2. The second-order valence-corrected chi connectivity index (χ2v) is 7.59. The molecule has 0 aliphatic heterocycles. The Kier molecular flexibility index (Phi) is 4.40. The van der Waals surface area contributed by atoms with Gasteiger partial charge in [-0.2, -0.15) is 13.7 Å². The first-order valence-corrected chi connectivity index (χ1v) is 10.2. The topological polar surface area (TPSA) is 16.6 Å². The Morgan fingerprint density at radius 2 is 1.23 bits per heavy atom. The summed E-state index contributed by atoms with van der Waals surface area (Å²) in [5, 5.41) is 0. The zero-order chi connectivity index (χ0) is 20.7. The van der Waals surface area contributed by atoms with E-state index in [-0.39, 0.29) is 0 Å². The van der Waals surface area contributed by atoms with Crippen molar-refractivity contribution in [1.82, 2.24) is 4.57 Å². The molecule has 2 aromatic carbocycles. The normalized spacial score (nSPS) is 11.2. The maximum Gasteiger partial charge on any atom is 0.360 e. The molecule has 3 heterocycles. The number of aromatic nitrogens is 4. The second kappa shape index (κ2) is 7.23. The van der Waals surface area contributed by atoms with Gasteiger partial charge in [0.2, 0.25) is 0 Å². The highest BCUT2D eigenvalue weighted by Gasteiger charge is 2.33. The second-order valence-electron chi connectivity index (χ2n) is 7.59. The SMILES string of the molecule is C[n+]1ccccc1-c1cccc(-c2n(-c3ccccc3)c3ccccc3[n+]2C)[n+]1C. The van der Waals surface area contributed by atoms with E-state index in [0.29, 0.717) is 0 Å². The fourth-order valence-electron chi connectivity index (χ4n) is 4.29. The van der Waals surface area contributed by atoms with Gasteiger partial charge in [0.1, 0.15) is 19.8 Å². The Morgan fingerprint density at radius 1 is 0.567 bits per heavy atom. The van der Waals surface area contributed by atoms with Gasteiger partial charge in [-0.1, -0.05) is 30.3 Å². The van der Waals surface area contributed by atoms with Gasteiger partial charge in [0.15, 0.2) is 17.2 Å². The lowest BCUT2D eigenvalue weighted by Gasteiger charge is -2.05. The molecule has 0 saturated heterocycles. The Balaban J connectivity index is 1.85. The summed E-state index contributed by atoms with van der Waals surface area (Å²) >= 11 is 0. The van der Waals surface area contributed by atoms with Crippen LogP contribution in [0.4, 0.5) is 0 Å². The molecular formula is C26H25N4+3. The standard InChI is InChI=1S/C26H25N4/c1-27-19-10-9-14-21(27)22-17-11-18-25(28(22)2)26-29(3)23-15-7-8-16-24(23)30(26)20-12-5-4-6-13-20/h4-19H,1-3H3/q+3. The van der Waals surface area contributed by atoms with Crippen molar-refractivity contribution in [1.29, 1.82) is 0 Å². The molecule has 0 aliphatic rings. The maximum absolute atomic E-state index is 2.35. The maximum atomic E-state index is 2.35. The van der Waals surface area contributed by atoms with E-state index >= 15 is 0 Å². The van der Waals surface area contributed by atoms with Crippen molar-refractivity contribution in [3.63, 3.8) is 0 Å². The fraction of sp³-hybridized carbons (Fsp3) is 0.115. The van der Waals surface area contributed by atoms with Gasteiger partial charge in [-0.3, -0.25) is 0 Å². The van der Waals surface area contributed by atoms with E-state index in [2.05, 4.69) is 137 Å². The molecule has 146 valence electrons. The van der Waals surface area contributed by atoms with Crippen LogP contribution >= 0.6 is 0 Å². The highest BCUT2D eigenvalue weighted by Crippen LogP contribution is 2.26. The molecular weight excluding hydrogens is 368 g/mol. The van der Waals surface area contributed by atoms with Crippen molar-refractivity contribution in [3.05, 3.63) is 97.2 Å². The molecule has 0 bridgehead atoms. The first kappa shape index (κ1) is 18.3. The third-order valence-electron chi connectivity index (χ3n) is 5.81. The minimum absolute atomic E-state index is 1.14. The lowest BCUT2D eigenvalue weighted by molar-refractivity contribution is -0.692. The summed E-state index contributed by atoms with van der Waals surface area (Å²) in [7, 11) is 6.37. The van der Waals surface area contributed by atoms with E-state index in [0.717, 1.165) is 17.2 Å². The van der Waals surface area contributed by atoms with Crippen molar-refractivity contribution in [2.45, 2.75) is 0 Å². The number of hydrogen-bond acceptors (Lipinski definition) is 0. The van der Waals surface area contributed by atoms with Gasteiger partial charge in [0, 0.05) is 24.3 Å². The van der Waals surface area contributed by atoms with Crippen LogP contribution in [0.25, 0.3) is 39.6 Å². The van der Waals surface area contributed by atoms with E-state index in [1.807, 2.05) is 0 Å². The number of hydrogen-bond donors (Lipinski definition) is 0. The van der Waals surface area contributed by atoms with Gasteiger partial charge >= 0.3 is 5.82 Å². The lowest BCUT2D eigenvalue weighted by Crippen LogP contribution is -2.42. The third-order valence-corrected chi connectivity index (χ3v) is 5.81. The van der Waals surface area contributed by atoms with Crippen LogP contribution in [-0.4, -0.2) is 4.57 Å². The molecule has 0 saturated carbocycles. The monoisotopic (exact) mass is 393 g/mol. The average molecular weight is 394 g/mol. The van der Waals surface area contributed by atoms with Crippen LogP contribution in [0, 0.1) is 0 Å². The molecule has 5 aromatic rings. The molecule has 0 N–H and O–H groups in total. The zero-order valence-corrected chi connectivity index (χ0v) is 17.5. The van der Waals surface area contributed by atoms with E-state index in [1.165, 1.54) is 22.4 Å². The van der Waals surface area contributed by atoms with Crippen molar-refractivity contribution < 1.29 is 13.7 Å².